The fourth-order valence-corrected chi connectivity index (χ4v) is 4.21. The third kappa shape index (κ3) is 3.34. The molecule has 3 heterocycles. The summed E-state index contributed by atoms with van der Waals surface area (Å²) >= 11 is 0. The highest BCUT2D eigenvalue weighted by Gasteiger charge is 2.36. The standard InChI is InChI=1S/C19H21F3N4O/c1-11-9-12(19(20,21)22)10-16(27)18(11)14-4-5-17(25-24-14)26-8-6-13-15(26)3-2-7-23-13/h4-5,9-10,13,15,23,27H,2-3,6-8H2,1H3/t13-,15+/m1/s1. The Morgan fingerprint density at radius 2 is 2.00 bits per heavy atom. The summed E-state index contributed by atoms with van der Waals surface area (Å²) in [5.41, 5.74) is 0.0708. The average Bonchev–Trinajstić information content (AvgIpc) is 3.05. The van der Waals surface area contributed by atoms with Crippen molar-refractivity contribution in [1.29, 1.82) is 0 Å². The number of piperidine rings is 1. The van der Waals surface area contributed by atoms with Crippen LogP contribution in [-0.4, -0.2) is 40.5 Å². The first-order chi connectivity index (χ1) is 12.8. The molecule has 2 atom stereocenters. The highest BCUT2D eigenvalue weighted by atomic mass is 19.4. The number of phenols is 1. The van der Waals surface area contributed by atoms with Gasteiger partial charge in [0.2, 0.25) is 0 Å². The molecule has 1 aromatic heterocycles. The molecule has 0 radical (unpaired) electrons. The SMILES string of the molecule is Cc1cc(C(F)(F)F)cc(O)c1-c1ccc(N2CC[C@H]3NCCC[C@@H]32)nn1. The second kappa shape index (κ2) is 6.67. The number of fused-ring (bicyclic) bond motifs is 1. The van der Waals surface area contributed by atoms with Crippen molar-refractivity contribution < 1.29 is 18.3 Å². The number of halogens is 3. The van der Waals surface area contributed by atoms with Gasteiger partial charge in [0.25, 0.3) is 0 Å². The number of aromatic hydroxyl groups is 1. The Hall–Kier alpha value is -2.35. The number of benzene rings is 1. The van der Waals surface area contributed by atoms with Gasteiger partial charge in [-0.25, -0.2) is 0 Å². The van der Waals surface area contributed by atoms with Crippen molar-refractivity contribution in [2.24, 2.45) is 0 Å². The maximum Gasteiger partial charge on any atom is 0.416 e. The number of hydrogen-bond donors (Lipinski definition) is 2. The van der Waals surface area contributed by atoms with Crippen LogP contribution in [0.3, 0.4) is 0 Å². The lowest BCUT2D eigenvalue weighted by molar-refractivity contribution is -0.137. The van der Waals surface area contributed by atoms with Gasteiger partial charge in [0.15, 0.2) is 5.82 Å². The highest BCUT2D eigenvalue weighted by molar-refractivity contribution is 5.71. The van der Waals surface area contributed by atoms with Crippen molar-refractivity contribution in [3.05, 3.63) is 35.4 Å². The maximum absolute atomic E-state index is 12.9. The average molecular weight is 378 g/mol. The van der Waals surface area contributed by atoms with Crippen molar-refractivity contribution in [3.63, 3.8) is 0 Å². The third-order valence-electron chi connectivity index (χ3n) is 5.47. The lowest BCUT2D eigenvalue weighted by Crippen LogP contribution is -2.47. The minimum absolute atomic E-state index is 0.278. The van der Waals surface area contributed by atoms with Crippen LogP contribution < -0.4 is 10.2 Å². The molecule has 2 N–H and O–H groups in total. The highest BCUT2D eigenvalue weighted by Crippen LogP contribution is 2.38. The fourth-order valence-electron chi connectivity index (χ4n) is 4.21. The first-order valence-electron chi connectivity index (χ1n) is 9.09. The van der Waals surface area contributed by atoms with Gasteiger partial charge >= 0.3 is 6.18 Å². The van der Waals surface area contributed by atoms with Gasteiger partial charge in [-0.2, -0.15) is 13.2 Å². The lowest BCUT2D eigenvalue weighted by Gasteiger charge is -2.32. The zero-order valence-electron chi connectivity index (χ0n) is 14.9. The maximum atomic E-state index is 12.9. The summed E-state index contributed by atoms with van der Waals surface area (Å²) in [6, 6.07) is 6.17. The Kier molecular flexibility index (Phi) is 4.46. The molecular weight excluding hydrogens is 357 g/mol. The molecule has 0 unspecified atom stereocenters. The van der Waals surface area contributed by atoms with Gasteiger partial charge < -0.3 is 15.3 Å². The van der Waals surface area contributed by atoms with Gasteiger partial charge in [-0.05, 0) is 62.6 Å². The zero-order valence-corrected chi connectivity index (χ0v) is 14.9. The summed E-state index contributed by atoms with van der Waals surface area (Å²) in [5.74, 6) is 0.320. The number of aryl methyl sites for hydroxylation is 1. The molecule has 5 nitrogen and oxygen atoms in total. The summed E-state index contributed by atoms with van der Waals surface area (Å²) < 4.78 is 38.7. The van der Waals surface area contributed by atoms with Crippen molar-refractivity contribution in [3.8, 4) is 17.0 Å². The summed E-state index contributed by atoms with van der Waals surface area (Å²) in [4.78, 5) is 2.24. The molecule has 2 aliphatic heterocycles. The van der Waals surface area contributed by atoms with Crippen LogP contribution in [0.15, 0.2) is 24.3 Å². The normalized spacial score (nSPS) is 22.7. The number of anilines is 1. The van der Waals surface area contributed by atoms with E-state index in [0.717, 1.165) is 50.3 Å². The first kappa shape index (κ1) is 18.0. The molecule has 0 spiro atoms. The number of aromatic nitrogens is 2. The van der Waals surface area contributed by atoms with E-state index in [9.17, 15) is 18.3 Å². The molecule has 1 aromatic carbocycles. The third-order valence-corrected chi connectivity index (χ3v) is 5.47. The molecule has 0 aliphatic carbocycles. The predicted molar refractivity (Wildman–Crippen MR) is 95.6 cm³/mol. The smallest absolute Gasteiger partial charge is 0.416 e. The molecule has 4 rings (SSSR count). The molecule has 27 heavy (non-hydrogen) atoms. The van der Waals surface area contributed by atoms with Crippen LogP contribution in [0, 0.1) is 6.92 Å². The van der Waals surface area contributed by atoms with E-state index in [1.54, 1.807) is 6.07 Å². The van der Waals surface area contributed by atoms with Gasteiger partial charge in [0.1, 0.15) is 5.75 Å². The number of rotatable bonds is 2. The number of nitrogens with zero attached hydrogens (tertiary/aromatic N) is 3. The number of alkyl halides is 3. The van der Waals surface area contributed by atoms with Gasteiger partial charge in [0, 0.05) is 24.2 Å². The van der Waals surface area contributed by atoms with E-state index in [0.29, 0.717) is 23.3 Å². The Morgan fingerprint density at radius 3 is 2.67 bits per heavy atom. The lowest BCUT2D eigenvalue weighted by atomic mass is 9.99. The van der Waals surface area contributed by atoms with E-state index in [2.05, 4.69) is 20.4 Å². The Balaban J connectivity index is 1.61. The summed E-state index contributed by atoms with van der Waals surface area (Å²) in [7, 11) is 0. The fraction of sp³-hybridized carbons (Fsp3) is 0.474. The van der Waals surface area contributed by atoms with Crippen molar-refractivity contribution in [2.45, 2.75) is 44.4 Å². The van der Waals surface area contributed by atoms with Crippen molar-refractivity contribution in [1.82, 2.24) is 15.5 Å². The van der Waals surface area contributed by atoms with Crippen LogP contribution in [-0.2, 0) is 6.18 Å². The second-order valence-electron chi connectivity index (χ2n) is 7.21. The van der Waals surface area contributed by atoms with Gasteiger partial charge in [-0.1, -0.05) is 0 Å². The molecule has 2 fully saturated rings. The van der Waals surface area contributed by atoms with Crippen LogP contribution >= 0.6 is 0 Å². The summed E-state index contributed by atoms with van der Waals surface area (Å²) in [6.07, 6.45) is -1.20. The molecule has 144 valence electrons. The van der Waals surface area contributed by atoms with Crippen LogP contribution in [0.5, 0.6) is 5.75 Å². The molecule has 0 saturated carbocycles. The van der Waals surface area contributed by atoms with Crippen LogP contribution in [0.25, 0.3) is 11.3 Å². The summed E-state index contributed by atoms with van der Waals surface area (Å²) in [6.45, 7) is 3.48. The minimum Gasteiger partial charge on any atom is -0.507 e. The topological polar surface area (TPSA) is 61.3 Å². The largest absolute Gasteiger partial charge is 0.507 e. The summed E-state index contributed by atoms with van der Waals surface area (Å²) in [5, 5.41) is 22.2. The molecule has 0 bridgehead atoms. The van der Waals surface area contributed by atoms with E-state index in [1.165, 1.54) is 6.92 Å². The molecule has 2 aliphatic rings. The monoisotopic (exact) mass is 378 g/mol. The van der Waals surface area contributed by atoms with E-state index in [-0.39, 0.29) is 5.56 Å². The molecule has 2 aromatic rings. The van der Waals surface area contributed by atoms with E-state index >= 15 is 0 Å². The second-order valence-corrected chi connectivity index (χ2v) is 7.21. The number of nitrogens with one attached hydrogen (secondary N) is 1. The van der Waals surface area contributed by atoms with Crippen LogP contribution in [0.4, 0.5) is 19.0 Å². The van der Waals surface area contributed by atoms with E-state index in [1.807, 2.05) is 6.07 Å². The Labute approximate surface area is 155 Å². The molecule has 8 heteroatoms. The van der Waals surface area contributed by atoms with E-state index in [4.69, 9.17) is 0 Å². The first-order valence-corrected chi connectivity index (χ1v) is 9.09. The molecular formula is C19H21F3N4O. The van der Waals surface area contributed by atoms with Gasteiger partial charge in [0.05, 0.1) is 11.3 Å². The van der Waals surface area contributed by atoms with Gasteiger partial charge in [-0.15, -0.1) is 10.2 Å². The molecule has 2 saturated heterocycles. The number of hydrogen-bond acceptors (Lipinski definition) is 5. The van der Waals surface area contributed by atoms with Crippen molar-refractivity contribution in [2.75, 3.05) is 18.0 Å². The quantitative estimate of drug-likeness (QED) is 0.838. The van der Waals surface area contributed by atoms with E-state index < -0.39 is 17.5 Å². The Bertz CT molecular complexity index is 815. The van der Waals surface area contributed by atoms with Crippen molar-refractivity contribution >= 4 is 5.82 Å². The minimum atomic E-state index is -4.50. The Morgan fingerprint density at radius 1 is 1.19 bits per heavy atom. The molecule has 0 amide bonds. The number of phenolic OH excluding ortho intramolecular Hbond substituents is 1. The zero-order chi connectivity index (χ0) is 19.2. The van der Waals surface area contributed by atoms with Gasteiger partial charge in [-0.3, -0.25) is 0 Å². The van der Waals surface area contributed by atoms with Crippen LogP contribution in [0.1, 0.15) is 30.4 Å². The predicted octanol–water partition coefficient (Wildman–Crippen LogP) is 3.51. The van der Waals surface area contributed by atoms with Crippen LogP contribution in [0.2, 0.25) is 0 Å².